The van der Waals surface area contributed by atoms with Gasteiger partial charge in [-0.2, -0.15) is 5.26 Å². The molecule has 0 saturated heterocycles. The van der Waals surface area contributed by atoms with Crippen LogP contribution in [0.5, 0.6) is 17.2 Å². The molecule has 1 atom stereocenters. The molecule has 40 heavy (non-hydrogen) atoms. The lowest BCUT2D eigenvalue weighted by atomic mass is 10.1. The van der Waals surface area contributed by atoms with Gasteiger partial charge in [-0.3, -0.25) is 10.1 Å². The first-order valence-corrected chi connectivity index (χ1v) is 15.2. The van der Waals surface area contributed by atoms with Crippen molar-refractivity contribution in [3.8, 4) is 23.3 Å². The maximum absolute atomic E-state index is 13.5. The summed E-state index contributed by atoms with van der Waals surface area (Å²) in [6.45, 7) is 2.20. The highest BCUT2D eigenvalue weighted by molar-refractivity contribution is 7.91. The normalized spacial score (nSPS) is 13.8. The lowest BCUT2D eigenvalue weighted by Gasteiger charge is -2.19. The van der Waals surface area contributed by atoms with Crippen molar-refractivity contribution in [3.63, 3.8) is 0 Å². The minimum atomic E-state index is -3.41. The van der Waals surface area contributed by atoms with Gasteiger partial charge in [0.05, 0.1) is 46.2 Å². The van der Waals surface area contributed by atoms with Gasteiger partial charge in [0.1, 0.15) is 5.75 Å². The van der Waals surface area contributed by atoms with Gasteiger partial charge in [-0.15, -0.1) is 0 Å². The van der Waals surface area contributed by atoms with Crippen LogP contribution in [-0.4, -0.2) is 38.8 Å². The minimum Gasteiger partial charge on any atom is -0.493 e. The van der Waals surface area contributed by atoms with Crippen molar-refractivity contribution in [2.75, 3.05) is 24.8 Å². The zero-order chi connectivity index (χ0) is 28.3. The number of benzene rings is 3. The predicted octanol–water partition coefficient (Wildman–Crippen LogP) is 5.52. The molecule has 1 saturated carbocycles. The smallest absolute Gasteiger partial charge is 0.271 e. The number of rotatable bonds is 11. The zero-order valence-electron chi connectivity index (χ0n) is 21.9. The van der Waals surface area contributed by atoms with Crippen molar-refractivity contribution in [1.82, 2.24) is 4.98 Å². The fourth-order valence-corrected chi connectivity index (χ4v) is 5.72. The van der Waals surface area contributed by atoms with Crippen LogP contribution in [0, 0.1) is 17.2 Å². The SMILES string of the molecule is CCS(=O)(=O)c1ccc(C(Oc2ccc(C#N)cc2)C(=O)Nc2nc3cc(OCC4CC4)c(OC)cc3s2)cc1. The molecule has 4 aromatic rings. The molecule has 9 nitrogen and oxygen atoms in total. The van der Waals surface area contributed by atoms with E-state index in [1.54, 1.807) is 56.5 Å². The maximum atomic E-state index is 13.5. The van der Waals surface area contributed by atoms with Crippen LogP contribution in [0.25, 0.3) is 10.2 Å². The van der Waals surface area contributed by atoms with Gasteiger partial charge < -0.3 is 14.2 Å². The molecule has 1 N–H and O–H groups in total. The van der Waals surface area contributed by atoms with E-state index in [2.05, 4.69) is 10.3 Å². The number of hydrogen-bond acceptors (Lipinski definition) is 9. The average Bonchev–Trinajstić information content (AvgIpc) is 3.72. The van der Waals surface area contributed by atoms with Gasteiger partial charge in [-0.1, -0.05) is 30.4 Å². The van der Waals surface area contributed by atoms with Crippen molar-refractivity contribution in [2.24, 2.45) is 5.92 Å². The molecule has 1 unspecified atom stereocenters. The molecule has 11 heteroatoms. The Labute approximate surface area is 236 Å². The molecular formula is C29H27N3O6S2. The van der Waals surface area contributed by atoms with E-state index in [1.165, 1.54) is 36.3 Å². The van der Waals surface area contributed by atoms with Crippen LogP contribution in [0.2, 0.25) is 0 Å². The Bertz CT molecular complexity index is 1670. The van der Waals surface area contributed by atoms with E-state index in [4.69, 9.17) is 19.5 Å². The Morgan fingerprint density at radius 2 is 1.85 bits per heavy atom. The number of sulfone groups is 1. The van der Waals surface area contributed by atoms with E-state index >= 15 is 0 Å². The summed E-state index contributed by atoms with van der Waals surface area (Å²) < 4.78 is 42.9. The molecule has 1 aliphatic rings. The summed E-state index contributed by atoms with van der Waals surface area (Å²) in [6.07, 6.45) is 1.21. The second-order valence-electron chi connectivity index (χ2n) is 9.34. The highest BCUT2D eigenvalue weighted by atomic mass is 32.2. The van der Waals surface area contributed by atoms with Crippen molar-refractivity contribution < 1.29 is 27.4 Å². The molecule has 0 aliphatic heterocycles. The van der Waals surface area contributed by atoms with Crippen LogP contribution in [0.3, 0.4) is 0 Å². The highest BCUT2D eigenvalue weighted by Gasteiger charge is 2.26. The molecule has 1 aliphatic carbocycles. The molecule has 1 heterocycles. The van der Waals surface area contributed by atoms with E-state index in [1.807, 2.05) is 12.1 Å². The Balaban J connectivity index is 1.42. The number of nitrogens with one attached hydrogen (secondary N) is 1. The largest absolute Gasteiger partial charge is 0.493 e. The van der Waals surface area contributed by atoms with Crippen molar-refractivity contribution in [3.05, 3.63) is 71.8 Å². The first kappa shape index (κ1) is 27.4. The molecule has 3 aromatic carbocycles. The summed E-state index contributed by atoms with van der Waals surface area (Å²) in [4.78, 5) is 18.3. The van der Waals surface area contributed by atoms with Gasteiger partial charge in [-0.25, -0.2) is 13.4 Å². The summed E-state index contributed by atoms with van der Waals surface area (Å²) in [7, 11) is -1.83. The predicted molar refractivity (Wildman–Crippen MR) is 152 cm³/mol. The number of thiazole rings is 1. The van der Waals surface area contributed by atoms with E-state index in [-0.39, 0.29) is 10.6 Å². The fraction of sp³-hybridized carbons (Fsp3) is 0.276. The average molecular weight is 578 g/mol. The van der Waals surface area contributed by atoms with Gasteiger partial charge in [0.2, 0.25) is 6.10 Å². The number of nitrogens with zero attached hydrogens (tertiary/aromatic N) is 2. The lowest BCUT2D eigenvalue weighted by Crippen LogP contribution is -2.25. The number of carbonyl (C=O) groups is 1. The highest BCUT2D eigenvalue weighted by Crippen LogP contribution is 2.38. The quantitative estimate of drug-likeness (QED) is 0.247. The third kappa shape index (κ3) is 6.19. The third-order valence-electron chi connectivity index (χ3n) is 6.47. The standard InChI is InChI=1S/C29H27N3O6S2/c1-3-40(34,35)22-12-8-20(9-13-22)27(38-21-10-6-18(16-30)7-11-21)28(33)32-29-31-23-14-25(37-17-19-4-5-19)24(36-2)15-26(23)39-29/h6-15,19,27H,3-5,17H2,1-2H3,(H,31,32,33). The number of anilines is 1. The summed E-state index contributed by atoms with van der Waals surface area (Å²) in [5.41, 5.74) is 1.56. The molecule has 1 amide bonds. The van der Waals surface area contributed by atoms with Crippen molar-refractivity contribution in [2.45, 2.75) is 30.8 Å². The summed E-state index contributed by atoms with van der Waals surface area (Å²) in [6, 6.07) is 18.1. The molecular weight excluding hydrogens is 550 g/mol. The van der Waals surface area contributed by atoms with Crippen molar-refractivity contribution >= 4 is 42.4 Å². The summed E-state index contributed by atoms with van der Waals surface area (Å²) in [5.74, 6) is 1.62. The van der Waals surface area contributed by atoms with Crippen molar-refractivity contribution in [1.29, 1.82) is 5.26 Å². The maximum Gasteiger partial charge on any atom is 0.271 e. The Morgan fingerprint density at radius 1 is 1.12 bits per heavy atom. The van der Waals surface area contributed by atoms with Crippen LogP contribution in [-0.2, 0) is 14.6 Å². The Kier molecular flexibility index (Phi) is 7.91. The summed E-state index contributed by atoms with van der Waals surface area (Å²) in [5, 5.41) is 12.3. The summed E-state index contributed by atoms with van der Waals surface area (Å²) >= 11 is 1.28. The first-order valence-electron chi connectivity index (χ1n) is 12.7. The molecule has 0 radical (unpaired) electrons. The minimum absolute atomic E-state index is 0.0340. The number of methoxy groups -OCH3 is 1. The van der Waals surface area contributed by atoms with E-state index in [0.717, 1.165) is 4.70 Å². The molecule has 5 rings (SSSR count). The second kappa shape index (κ2) is 11.5. The topological polar surface area (TPSA) is 128 Å². The number of carbonyl (C=O) groups excluding carboxylic acids is 1. The number of nitriles is 1. The number of ether oxygens (including phenoxy) is 3. The van der Waals surface area contributed by atoms with Gasteiger partial charge in [0.25, 0.3) is 5.91 Å². The van der Waals surface area contributed by atoms with Gasteiger partial charge in [0.15, 0.2) is 26.5 Å². The lowest BCUT2D eigenvalue weighted by molar-refractivity contribution is -0.123. The van der Waals surface area contributed by atoms with E-state index in [0.29, 0.717) is 51.5 Å². The van der Waals surface area contributed by atoms with E-state index < -0.39 is 21.8 Å². The van der Waals surface area contributed by atoms with Gasteiger partial charge in [0, 0.05) is 17.7 Å². The van der Waals surface area contributed by atoms with Gasteiger partial charge >= 0.3 is 0 Å². The monoisotopic (exact) mass is 577 g/mol. The molecule has 0 bridgehead atoms. The first-order chi connectivity index (χ1) is 19.3. The van der Waals surface area contributed by atoms with Crippen LogP contribution >= 0.6 is 11.3 Å². The third-order valence-corrected chi connectivity index (χ3v) is 9.16. The molecule has 0 spiro atoms. The molecule has 1 fully saturated rings. The second-order valence-corrected chi connectivity index (χ2v) is 12.6. The number of amides is 1. The number of hydrogen-bond donors (Lipinski definition) is 1. The van der Waals surface area contributed by atoms with E-state index in [9.17, 15) is 13.2 Å². The van der Waals surface area contributed by atoms with Crippen LogP contribution in [0.15, 0.2) is 65.6 Å². The number of aromatic nitrogens is 1. The zero-order valence-corrected chi connectivity index (χ0v) is 23.6. The number of fused-ring (bicyclic) bond motifs is 1. The van der Waals surface area contributed by atoms with Crippen LogP contribution < -0.4 is 19.5 Å². The van der Waals surface area contributed by atoms with Gasteiger partial charge in [-0.05, 0) is 55.2 Å². The van der Waals surface area contributed by atoms with Crippen LogP contribution in [0.4, 0.5) is 5.13 Å². The van der Waals surface area contributed by atoms with Crippen LogP contribution in [0.1, 0.15) is 37.0 Å². The molecule has 206 valence electrons. The Morgan fingerprint density at radius 3 is 2.48 bits per heavy atom. The molecule has 1 aromatic heterocycles. The fourth-order valence-electron chi connectivity index (χ4n) is 3.96. The Hall–Kier alpha value is -4.14.